The van der Waals surface area contributed by atoms with Gasteiger partial charge >= 0.3 is 0 Å². The first kappa shape index (κ1) is 16.5. The van der Waals surface area contributed by atoms with Crippen LogP contribution in [0.15, 0.2) is 54.6 Å². The molecule has 0 nitrogen and oxygen atoms in total. The van der Waals surface area contributed by atoms with Crippen LogP contribution in [-0.2, 0) is 0 Å². The van der Waals surface area contributed by atoms with Crippen molar-refractivity contribution in [2.75, 3.05) is 0 Å². The van der Waals surface area contributed by atoms with Crippen molar-refractivity contribution in [2.24, 2.45) is 0 Å². The number of allylic oxidation sites excluding steroid dienone is 4. The summed E-state index contributed by atoms with van der Waals surface area (Å²) in [5, 5.41) is 0.696. The van der Waals surface area contributed by atoms with Gasteiger partial charge in [0.1, 0.15) is 0 Å². The lowest BCUT2D eigenvalue weighted by Crippen LogP contribution is -2.33. The maximum Gasteiger partial charge on any atom is 0.0124 e. The van der Waals surface area contributed by atoms with Crippen molar-refractivity contribution in [1.82, 2.24) is 0 Å². The van der Waals surface area contributed by atoms with Crippen molar-refractivity contribution in [3.8, 4) is 0 Å². The van der Waals surface area contributed by atoms with Crippen LogP contribution in [-0.4, -0.2) is 16.0 Å². The molecule has 0 fully saturated rings. The van der Waals surface area contributed by atoms with Crippen LogP contribution in [0.4, 0.5) is 0 Å². The molecule has 0 heterocycles. The lowest BCUT2D eigenvalue weighted by molar-refractivity contribution is 0.679. The van der Waals surface area contributed by atoms with E-state index in [1.807, 2.05) is 0 Å². The third-order valence-electron chi connectivity index (χ3n) is 4.03. The first-order chi connectivity index (χ1) is 9.71. The predicted molar refractivity (Wildman–Crippen MR) is 97.7 cm³/mol. The molecule has 0 N–H and O–H groups in total. The Bertz CT molecular complexity index is 497. The molecular formula is C20H29P. The maximum absolute atomic E-state index is 2.46. The number of benzene rings is 1. The van der Waals surface area contributed by atoms with Crippen LogP contribution in [0, 0.1) is 0 Å². The molecule has 0 amide bonds. The highest BCUT2D eigenvalue weighted by atomic mass is 31.1. The van der Waals surface area contributed by atoms with Crippen LogP contribution in [0.3, 0.4) is 0 Å². The Morgan fingerprint density at radius 2 is 1.29 bits per heavy atom. The van der Waals surface area contributed by atoms with Crippen molar-refractivity contribution in [1.29, 1.82) is 0 Å². The zero-order valence-corrected chi connectivity index (χ0v) is 15.2. The monoisotopic (exact) mass is 300 g/mol. The van der Waals surface area contributed by atoms with E-state index in [-0.39, 0.29) is 7.92 Å². The highest BCUT2D eigenvalue weighted by Gasteiger charge is 2.42. The van der Waals surface area contributed by atoms with Crippen LogP contribution >= 0.6 is 7.92 Å². The number of hydrogen-bond donors (Lipinski definition) is 0. The van der Waals surface area contributed by atoms with Gasteiger partial charge in [0, 0.05) is 11.6 Å². The van der Waals surface area contributed by atoms with Gasteiger partial charge in [-0.25, -0.2) is 0 Å². The molecule has 2 rings (SSSR count). The zero-order valence-electron chi connectivity index (χ0n) is 14.3. The molecule has 2 atom stereocenters. The van der Waals surface area contributed by atoms with Crippen molar-refractivity contribution in [3.05, 3.63) is 60.2 Å². The van der Waals surface area contributed by atoms with Crippen molar-refractivity contribution >= 4 is 7.92 Å². The third kappa shape index (κ3) is 3.86. The second kappa shape index (κ2) is 6.09. The van der Waals surface area contributed by atoms with E-state index in [1.165, 1.54) is 5.56 Å². The summed E-state index contributed by atoms with van der Waals surface area (Å²) in [5.74, 6) is 0.515. The summed E-state index contributed by atoms with van der Waals surface area (Å²) in [6, 6.07) is 11.0. The molecule has 0 spiro atoms. The number of rotatable bonds is 2. The highest BCUT2D eigenvalue weighted by Crippen LogP contribution is 2.66. The summed E-state index contributed by atoms with van der Waals surface area (Å²) in [7, 11) is -0.162. The zero-order chi connectivity index (χ0) is 15.7. The fourth-order valence-electron chi connectivity index (χ4n) is 3.73. The minimum atomic E-state index is -0.162. The summed E-state index contributed by atoms with van der Waals surface area (Å²) in [6.07, 6.45) is 9.32. The molecule has 1 heteroatoms. The molecule has 1 aromatic carbocycles. The second-order valence-corrected chi connectivity index (χ2v) is 11.9. The average molecular weight is 300 g/mol. The molecule has 114 valence electrons. The van der Waals surface area contributed by atoms with Gasteiger partial charge in [-0.15, -0.1) is 0 Å². The molecule has 1 aliphatic carbocycles. The predicted octanol–water partition coefficient (Wildman–Crippen LogP) is 6.34. The lowest BCUT2D eigenvalue weighted by Gasteiger charge is -2.48. The van der Waals surface area contributed by atoms with E-state index in [2.05, 4.69) is 96.2 Å². The molecule has 1 aromatic rings. The summed E-state index contributed by atoms with van der Waals surface area (Å²) < 4.78 is 0. The number of hydrogen-bond acceptors (Lipinski definition) is 0. The molecule has 0 aliphatic heterocycles. The quantitative estimate of drug-likeness (QED) is 0.559. The van der Waals surface area contributed by atoms with Gasteiger partial charge in [0.25, 0.3) is 0 Å². The van der Waals surface area contributed by atoms with Gasteiger partial charge in [0.2, 0.25) is 0 Å². The molecule has 0 bridgehead atoms. The van der Waals surface area contributed by atoms with Crippen LogP contribution < -0.4 is 0 Å². The molecule has 0 saturated heterocycles. The third-order valence-corrected chi connectivity index (χ3v) is 8.01. The topological polar surface area (TPSA) is 0 Å². The molecule has 0 aromatic heterocycles. The summed E-state index contributed by atoms with van der Waals surface area (Å²) in [4.78, 5) is 0. The van der Waals surface area contributed by atoms with Crippen molar-refractivity contribution < 1.29 is 0 Å². The first-order valence-electron chi connectivity index (χ1n) is 7.90. The fourth-order valence-corrected chi connectivity index (χ4v) is 8.39. The van der Waals surface area contributed by atoms with E-state index in [1.54, 1.807) is 0 Å². The molecule has 0 saturated carbocycles. The Hall–Kier alpha value is -0.870. The van der Waals surface area contributed by atoms with E-state index in [4.69, 9.17) is 0 Å². The average Bonchev–Trinajstić information content (AvgIpc) is 2.37. The second-order valence-electron chi connectivity index (χ2n) is 7.91. The minimum absolute atomic E-state index is 0.162. The van der Waals surface area contributed by atoms with E-state index < -0.39 is 0 Å². The van der Waals surface area contributed by atoms with E-state index in [0.29, 0.717) is 21.9 Å². The van der Waals surface area contributed by atoms with E-state index in [9.17, 15) is 0 Å². The molecule has 2 unspecified atom stereocenters. The van der Waals surface area contributed by atoms with Gasteiger partial charge in [0.05, 0.1) is 0 Å². The van der Waals surface area contributed by atoms with Crippen LogP contribution in [0.1, 0.15) is 53.0 Å². The van der Waals surface area contributed by atoms with Crippen LogP contribution in [0.2, 0.25) is 0 Å². The highest BCUT2D eigenvalue weighted by molar-refractivity contribution is 7.61. The Kier molecular flexibility index (Phi) is 4.79. The summed E-state index contributed by atoms with van der Waals surface area (Å²) in [5.41, 5.74) is 2.07. The normalized spacial score (nSPS) is 22.8. The van der Waals surface area contributed by atoms with Gasteiger partial charge < -0.3 is 0 Å². The summed E-state index contributed by atoms with van der Waals surface area (Å²) in [6.45, 7) is 14.5. The van der Waals surface area contributed by atoms with Gasteiger partial charge in [-0.2, -0.15) is 0 Å². The van der Waals surface area contributed by atoms with Gasteiger partial charge in [0.15, 0.2) is 0 Å². The Morgan fingerprint density at radius 3 is 1.81 bits per heavy atom. The fraction of sp³-hybridized carbons (Fsp3) is 0.500. The van der Waals surface area contributed by atoms with Crippen molar-refractivity contribution in [3.63, 3.8) is 0 Å². The molecular weight excluding hydrogens is 271 g/mol. The lowest BCUT2D eigenvalue weighted by atomic mass is 9.92. The Labute approximate surface area is 132 Å². The Balaban J connectivity index is 2.43. The van der Waals surface area contributed by atoms with Crippen molar-refractivity contribution in [2.45, 2.75) is 63.4 Å². The molecule has 21 heavy (non-hydrogen) atoms. The Morgan fingerprint density at radius 1 is 0.762 bits per heavy atom. The molecule has 1 aliphatic rings. The standard InChI is InChI=1S/C20H29P/c1-19(2,3)21(20(4,5)6)18-15-11-10-14-17(18)16-12-8-7-9-13-16/h7-15,17-18H,1-6H3. The first-order valence-corrected chi connectivity index (χ1v) is 9.32. The van der Waals surface area contributed by atoms with E-state index in [0.717, 1.165) is 0 Å². The van der Waals surface area contributed by atoms with Crippen LogP contribution in [0.25, 0.3) is 0 Å². The van der Waals surface area contributed by atoms with E-state index >= 15 is 0 Å². The largest absolute Gasteiger partial charge is 0.0876 e. The maximum atomic E-state index is 2.46. The van der Waals surface area contributed by atoms with Crippen LogP contribution in [0.5, 0.6) is 0 Å². The van der Waals surface area contributed by atoms with Gasteiger partial charge in [-0.05, 0) is 15.9 Å². The smallest absolute Gasteiger partial charge is 0.0124 e. The van der Waals surface area contributed by atoms with Gasteiger partial charge in [-0.3, -0.25) is 0 Å². The molecule has 0 radical (unpaired) electrons. The summed E-state index contributed by atoms with van der Waals surface area (Å²) >= 11 is 0. The minimum Gasteiger partial charge on any atom is -0.0876 e. The van der Waals surface area contributed by atoms with Gasteiger partial charge in [-0.1, -0.05) is 104 Å². The SMILES string of the molecule is CC(C)(C)P(C1C=CC=CC1c1ccccc1)C(C)(C)C.